The van der Waals surface area contributed by atoms with Crippen molar-refractivity contribution < 1.29 is 8.42 Å². The van der Waals surface area contributed by atoms with Crippen molar-refractivity contribution in [1.29, 1.82) is 0 Å². The topological polar surface area (TPSA) is 90.0 Å². The van der Waals surface area contributed by atoms with Crippen molar-refractivity contribution in [3.8, 4) is 0 Å². The fourth-order valence-corrected chi connectivity index (χ4v) is 1.46. The van der Waals surface area contributed by atoms with Crippen LogP contribution in [0.15, 0.2) is 12.3 Å². The van der Waals surface area contributed by atoms with Gasteiger partial charge in [0.25, 0.3) is 0 Å². The Morgan fingerprint density at radius 3 is 2.60 bits per heavy atom. The van der Waals surface area contributed by atoms with Crippen molar-refractivity contribution in [2.75, 3.05) is 17.5 Å². The predicted octanol–water partition coefficient (Wildman–Crippen LogP) is 0.0569. The standard InChI is InChI=1S/C6H12N4O2S.2ClH/c1-13(11,12)9-6-2-4-8-10(6)5-3-7;;/h2,4,9H,3,5,7H2,1H3;2*1H. The molecule has 0 aliphatic heterocycles. The lowest BCUT2D eigenvalue weighted by Gasteiger charge is -2.06. The second-order valence-corrected chi connectivity index (χ2v) is 4.35. The van der Waals surface area contributed by atoms with E-state index in [2.05, 4.69) is 9.82 Å². The zero-order valence-corrected chi connectivity index (χ0v) is 10.5. The summed E-state index contributed by atoms with van der Waals surface area (Å²) in [5.74, 6) is 0.438. The van der Waals surface area contributed by atoms with Crippen molar-refractivity contribution in [1.82, 2.24) is 9.78 Å². The molecule has 6 nitrogen and oxygen atoms in total. The Labute approximate surface area is 101 Å². The molecule has 90 valence electrons. The third-order valence-corrected chi connectivity index (χ3v) is 1.93. The van der Waals surface area contributed by atoms with Gasteiger partial charge in [-0.2, -0.15) is 5.10 Å². The van der Waals surface area contributed by atoms with Crippen LogP contribution in [0.25, 0.3) is 0 Å². The van der Waals surface area contributed by atoms with E-state index < -0.39 is 10.0 Å². The molecule has 1 heterocycles. The van der Waals surface area contributed by atoms with Crippen molar-refractivity contribution in [3.63, 3.8) is 0 Å². The zero-order chi connectivity index (χ0) is 9.90. The van der Waals surface area contributed by atoms with Crippen molar-refractivity contribution in [3.05, 3.63) is 12.3 Å². The lowest BCUT2D eigenvalue weighted by atomic mass is 10.6. The minimum absolute atomic E-state index is 0. The summed E-state index contributed by atoms with van der Waals surface area (Å²) in [6.07, 6.45) is 2.61. The zero-order valence-electron chi connectivity index (χ0n) is 8.08. The second kappa shape index (κ2) is 6.89. The summed E-state index contributed by atoms with van der Waals surface area (Å²) in [5.41, 5.74) is 5.31. The summed E-state index contributed by atoms with van der Waals surface area (Å²) in [6, 6.07) is 1.58. The van der Waals surface area contributed by atoms with Crippen LogP contribution in [0.1, 0.15) is 0 Å². The highest BCUT2D eigenvalue weighted by atomic mass is 35.5. The first-order chi connectivity index (χ1) is 6.03. The van der Waals surface area contributed by atoms with E-state index in [-0.39, 0.29) is 24.8 Å². The van der Waals surface area contributed by atoms with Crippen LogP contribution in [-0.2, 0) is 16.6 Å². The summed E-state index contributed by atoms with van der Waals surface area (Å²) in [7, 11) is -3.24. The molecule has 0 saturated heterocycles. The number of anilines is 1. The molecule has 0 atom stereocenters. The number of rotatable bonds is 4. The van der Waals surface area contributed by atoms with Gasteiger partial charge in [-0.3, -0.25) is 4.72 Å². The van der Waals surface area contributed by atoms with Crippen LogP contribution in [0.4, 0.5) is 5.82 Å². The lowest BCUT2D eigenvalue weighted by Crippen LogP contribution is -2.17. The molecule has 9 heteroatoms. The Balaban J connectivity index is 0. The van der Waals surface area contributed by atoms with E-state index in [4.69, 9.17) is 5.73 Å². The van der Waals surface area contributed by atoms with Gasteiger partial charge >= 0.3 is 0 Å². The van der Waals surface area contributed by atoms with Crippen molar-refractivity contribution in [2.45, 2.75) is 6.54 Å². The molecule has 0 aliphatic carbocycles. The van der Waals surface area contributed by atoms with Gasteiger partial charge in [0.15, 0.2) is 0 Å². The van der Waals surface area contributed by atoms with Crippen LogP contribution in [-0.4, -0.2) is 31.0 Å². The maximum absolute atomic E-state index is 10.9. The van der Waals surface area contributed by atoms with Gasteiger partial charge in [-0.25, -0.2) is 13.1 Å². The van der Waals surface area contributed by atoms with Gasteiger partial charge < -0.3 is 5.73 Å². The van der Waals surface area contributed by atoms with Crippen LogP contribution in [0.2, 0.25) is 0 Å². The number of nitrogens with two attached hydrogens (primary N) is 1. The third kappa shape index (κ3) is 5.83. The molecule has 0 unspecified atom stereocenters. The first-order valence-electron chi connectivity index (χ1n) is 3.72. The highest BCUT2D eigenvalue weighted by Gasteiger charge is 2.06. The molecule has 15 heavy (non-hydrogen) atoms. The SMILES string of the molecule is CS(=O)(=O)Nc1ccnn1CCN.Cl.Cl. The molecule has 0 bridgehead atoms. The Hall–Kier alpha value is -0.500. The van der Waals surface area contributed by atoms with Crippen molar-refractivity contribution in [2.24, 2.45) is 5.73 Å². The van der Waals surface area contributed by atoms with Gasteiger partial charge in [0.2, 0.25) is 10.0 Å². The predicted molar refractivity (Wildman–Crippen MR) is 64.2 cm³/mol. The highest BCUT2D eigenvalue weighted by Crippen LogP contribution is 2.06. The fraction of sp³-hybridized carbons (Fsp3) is 0.500. The highest BCUT2D eigenvalue weighted by molar-refractivity contribution is 7.92. The molecule has 0 aliphatic rings. The minimum Gasteiger partial charge on any atom is -0.329 e. The number of halogens is 2. The summed E-state index contributed by atoms with van der Waals surface area (Å²) in [4.78, 5) is 0. The summed E-state index contributed by atoms with van der Waals surface area (Å²) in [5, 5.41) is 3.90. The van der Waals surface area contributed by atoms with Crippen LogP contribution in [0, 0.1) is 0 Å². The van der Waals surface area contributed by atoms with E-state index in [0.717, 1.165) is 6.26 Å². The number of sulfonamides is 1. The van der Waals surface area contributed by atoms with Gasteiger partial charge in [0, 0.05) is 12.6 Å². The second-order valence-electron chi connectivity index (χ2n) is 2.60. The third-order valence-electron chi connectivity index (χ3n) is 1.35. The van der Waals surface area contributed by atoms with E-state index in [9.17, 15) is 8.42 Å². The first-order valence-corrected chi connectivity index (χ1v) is 5.62. The van der Waals surface area contributed by atoms with Crippen LogP contribution >= 0.6 is 24.8 Å². The number of aromatic nitrogens is 2. The molecule has 3 N–H and O–H groups in total. The molecule has 1 aromatic rings. The lowest BCUT2D eigenvalue weighted by molar-refractivity contribution is 0.602. The molecular weight excluding hydrogens is 263 g/mol. The molecule has 1 rings (SSSR count). The van der Waals surface area contributed by atoms with Gasteiger partial charge in [-0.05, 0) is 0 Å². The normalized spacial score (nSPS) is 10.0. The number of nitrogens with zero attached hydrogens (tertiary/aromatic N) is 2. The Bertz CT molecular complexity index is 378. The number of nitrogens with one attached hydrogen (secondary N) is 1. The van der Waals surface area contributed by atoms with E-state index in [1.54, 1.807) is 6.07 Å². The van der Waals surface area contributed by atoms with Crippen LogP contribution in [0.3, 0.4) is 0 Å². The average molecular weight is 277 g/mol. The Morgan fingerprint density at radius 1 is 1.53 bits per heavy atom. The van der Waals surface area contributed by atoms with Crippen LogP contribution in [0.5, 0.6) is 0 Å². The smallest absolute Gasteiger partial charge is 0.230 e. The molecule has 0 aromatic carbocycles. The molecule has 1 aromatic heterocycles. The molecular formula is C6H14Cl2N4O2S. The molecule has 0 amide bonds. The van der Waals surface area contributed by atoms with E-state index in [1.807, 2.05) is 0 Å². The fourth-order valence-electron chi connectivity index (χ4n) is 0.910. The largest absolute Gasteiger partial charge is 0.329 e. The minimum atomic E-state index is -3.24. The monoisotopic (exact) mass is 276 g/mol. The number of hydrogen-bond donors (Lipinski definition) is 2. The maximum Gasteiger partial charge on any atom is 0.230 e. The molecule has 0 fully saturated rings. The van der Waals surface area contributed by atoms with Gasteiger partial charge in [0.05, 0.1) is 19.0 Å². The average Bonchev–Trinajstić information content (AvgIpc) is 2.34. The van der Waals surface area contributed by atoms with Gasteiger partial charge in [-0.1, -0.05) is 0 Å². The maximum atomic E-state index is 10.9. The number of hydrogen-bond acceptors (Lipinski definition) is 4. The first kappa shape index (κ1) is 16.9. The van der Waals surface area contributed by atoms with E-state index in [0.29, 0.717) is 18.9 Å². The molecule has 0 radical (unpaired) electrons. The van der Waals surface area contributed by atoms with E-state index in [1.165, 1.54) is 10.9 Å². The Morgan fingerprint density at radius 2 is 2.13 bits per heavy atom. The quantitative estimate of drug-likeness (QED) is 0.814. The summed E-state index contributed by atoms with van der Waals surface area (Å²) < 4.78 is 25.6. The van der Waals surface area contributed by atoms with Crippen LogP contribution < -0.4 is 10.5 Å². The van der Waals surface area contributed by atoms with Gasteiger partial charge in [-0.15, -0.1) is 24.8 Å². The molecule has 0 saturated carbocycles. The Kier molecular flexibility index (Phi) is 7.77. The van der Waals surface area contributed by atoms with Crippen molar-refractivity contribution >= 4 is 40.7 Å². The van der Waals surface area contributed by atoms with Gasteiger partial charge in [0.1, 0.15) is 5.82 Å². The van der Waals surface area contributed by atoms with E-state index >= 15 is 0 Å². The summed E-state index contributed by atoms with van der Waals surface area (Å²) >= 11 is 0. The molecule has 0 spiro atoms. The summed E-state index contributed by atoms with van der Waals surface area (Å²) in [6.45, 7) is 0.908.